The molecule has 1 aromatic rings. The zero-order valence-corrected chi connectivity index (χ0v) is 13.2. The molecule has 0 aliphatic heterocycles. The predicted molar refractivity (Wildman–Crippen MR) is 60.4 cm³/mol. The Hall–Kier alpha value is 0.996. The molecule has 1 aromatic carbocycles. The van der Waals surface area contributed by atoms with E-state index < -0.39 is 12.6 Å². The Bertz CT molecular complexity index is 370. The summed E-state index contributed by atoms with van der Waals surface area (Å²) in [5.74, 6) is -0.893. The van der Waals surface area contributed by atoms with Crippen LogP contribution in [0.4, 0.5) is 0 Å². The van der Waals surface area contributed by atoms with Crippen LogP contribution < -0.4 is 4.74 Å². The van der Waals surface area contributed by atoms with Gasteiger partial charge in [0, 0.05) is 57.5 Å². The maximum atomic E-state index is 10.2. The summed E-state index contributed by atoms with van der Waals surface area (Å²) in [6, 6.07) is 2.76. The summed E-state index contributed by atoms with van der Waals surface area (Å²) >= 11 is 17.1. The van der Waals surface area contributed by atoms with Gasteiger partial charge in [0.2, 0.25) is 0 Å². The molecule has 77 valence electrons. The average Bonchev–Trinajstić information content (AvgIpc) is 2.09. The number of hydrogen-bond acceptors (Lipinski definition) is 2. The molecule has 1 radical (unpaired) electrons. The molecule has 0 unspecified atom stereocenters. The summed E-state index contributed by atoms with van der Waals surface area (Å²) in [6.07, 6.45) is 0. The van der Waals surface area contributed by atoms with Crippen LogP contribution in [0.2, 0.25) is 15.1 Å². The number of carboxylic acids is 1. The maximum absolute atomic E-state index is 10.2. The third kappa shape index (κ3) is 5.24. The van der Waals surface area contributed by atoms with Gasteiger partial charge in [-0.25, -0.2) is 4.79 Å². The van der Waals surface area contributed by atoms with E-state index in [0.717, 1.165) is 0 Å². The molecule has 1 rings (SSSR count). The molecule has 1 N–H and O–H groups in total. The summed E-state index contributed by atoms with van der Waals surface area (Å²) in [7, 11) is 0. The van der Waals surface area contributed by atoms with Gasteiger partial charge in [0.05, 0.1) is 15.1 Å². The first-order chi connectivity index (χ1) is 6.50. The zero-order valence-electron chi connectivity index (χ0n) is 7.76. The van der Waals surface area contributed by atoms with Crippen LogP contribution in [-0.2, 0) is 4.79 Å². The first kappa shape index (κ1) is 16.0. The molecule has 0 aliphatic rings. The molecule has 0 fully saturated rings. The number of halogens is 3. The smallest absolute Gasteiger partial charge is 0.341 e. The predicted octanol–water partition coefficient (Wildman–Crippen LogP) is 2.73. The summed E-state index contributed by atoms with van der Waals surface area (Å²) in [5, 5.41) is 9.14. The van der Waals surface area contributed by atoms with Crippen LogP contribution in [0, 0.1) is 0 Å². The number of ether oxygens (including phenoxy) is 1. The van der Waals surface area contributed by atoms with Crippen molar-refractivity contribution in [3.63, 3.8) is 0 Å². The molecule has 0 heterocycles. The van der Waals surface area contributed by atoms with E-state index in [1.807, 2.05) is 0 Å². The van der Waals surface area contributed by atoms with Gasteiger partial charge in [0.25, 0.3) is 0 Å². The van der Waals surface area contributed by atoms with E-state index in [1.54, 1.807) is 0 Å². The second kappa shape index (κ2) is 7.35. The van der Waals surface area contributed by atoms with Gasteiger partial charge in [0.15, 0.2) is 6.61 Å². The quantitative estimate of drug-likeness (QED) is 0.689. The second-order valence-corrected chi connectivity index (χ2v) is 3.60. The molecule has 0 saturated carbocycles. The van der Waals surface area contributed by atoms with E-state index >= 15 is 0 Å². The van der Waals surface area contributed by atoms with Crippen LogP contribution in [0.15, 0.2) is 12.1 Å². The number of carbonyl (C=O) groups is 1. The van der Waals surface area contributed by atoms with Gasteiger partial charge in [-0.1, -0.05) is 34.8 Å². The van der Waals surface area contributed by atoms with Crippen LogP contribution >= 0.6 is 34.8 Å². The summed E-state index contributed by atoms with van der Waals surface area (Å²) in [6.45, 7) is -0.475. The van der Waals surface area contributed by atoms with E-state index in [4.69, 9.17) is 44.6 Å². The number of aliphatic carboxylic acids is 1. The fraction of sp³-hybridized carbons (Fsp3) is 0.125. The Morgan fingerprint density at radius 2 is 1.73 bits per heavy atom. The van der Waals surface area contributed by atoms with Crippen molar-refractivity contribution in [3.05, 3.63) is 27.2 Å². The Morgan fingerprint density at radius 1 is 1.20 bits per heavy atom. The normalized spacial score (nSPS) is 9.27. The Kier molecular flexibility index (Phi) is 7.84. The van der Waals surface area contributed by atoms with Crippen molar-refractivity contribution in [2.24, 2.45) is 0 Å². The molecule has 0 bridgehead atoms. The van der Waals surface area contributed by atoms with Crippen molar-refractivity contribution in [2.45, 2.75) is 0 Å². The number of carboxylic acid groups (broad SMARTS) is 1. The first-order valence-corrected chi connectivity index (χ1v) is 4.63. The first-order valence-electron chi connectivity index (χ1n) is 3.50. The molecular weight excluding hydrogens is 290 g/mol. The molecule has 0 spiro atoms. The Labute approximate surface area is 144 Å². The fourth-order valence-corrected chi connectivity index (χ4v) is 1.35. The third-order valence-corrected chi connectivity index (χ3v) is 2.34. The minimum Gasteiger partial charge on any atom is -0.480 e. The zero-order chi connectivity index (χ0) is 10.7. The molecule has 0 aromatic heterocycles. The number of hydrogen-bond donors (Lipinski definition) is 1. The summed E-state index contributed by atoms with van der Waals surface area (Å²) in [4.78, 5) is 10.2. The number of rotatable bonds is 3. The molecular formula is C8H5Cl3KO3. The van der Waals surface area contributed by atoms with E-state index in [0.29, 0.717) is 5.02 Å². The van der Waals surface area contributed by atoms with Gasteiger partial charge in [-0.05, 0) is 6.07 Å². The van der Waals surface area contributed by atoms with Crippen molar-refractivity contribution >= 4 is 92.2 Å². The minimum absolute atomic E-state index is 0. The van der Waals surface area contributed by atoms with Crippen LogP contribution in [0.25, 0.3) is 0 Å². The van der Waals surface area contributed by atoms with E-state index in [-0.39, 0.29) is 67.2 Å². The van der Waals surface area contributed by atoms with Crippen LogP contribution in [0.3, 0.4) is 0 Å². The topological polar surface area (TPSA) is 46.5 Å². The van der Waals surface area contributed by atoms with Crippen LogP contribution in [0.1, 0.15) is 0 Å². The Balaban J connectivity index is 0.00000196. The fourth-order valence-electron chi connectivity index (χ4n) is 0.754. The third-order valence-electron chi connectivity index (χ3n) is 1.33. The van der Waals surface area contributed by atoms with Gasteiger partial charge in [-0.3, -0.25) is 0 Å². The Morgan fingerprint density at radius 3 is 2.27 bits per heavy atom. The van der Waals surface area contributed by atoms with Gasteiger partial charge < -0.3 is 9.84 Å². The average molecular weight is 295 g/mol. The van der Waals surface area contributed by atoms with E-state index in [2.05, 4.69) is 0 Å². The monoisotopic (exact) mass is 293 g/mol. The van der Waals surface area contributed by atoms with Gasteiger partial charge in [-0.2, -0.15) is 0 Å². The van der Waals surface area contributed by atoms with Crippen LogP contribution in [-0.4, -0.2) is 69.1 Å². The molecule has 0 aliphatic carbocycles. The summed E-state index contributed by atoms with van der Waals surface area (Å²) < 4.78 is 4.86. The van der Waals surface area contributed by atoms with Crippen molar-refractivity contribution in [2.75, 3.05) is 6.61 Å². The van der Waals surface area contributed by atoms with Gasteiger partial charge >= 0.3 is 5.97 Å². The summed E-state index contributed by atoms with van der Waals surface area (Å²) in [5.41, 5.74) is 0. The van der Waals surface area contributed by atoms with E-state index in [1.165, 1.54) is 12.1 Å². The van der Waals surface area contributed by atoms with E-state index in [9.17, 15) is 4.79 Å². The standard InChI is InChI=1S/C8H5Cl3O3.K/c9-4-1-6(11)7(2-5(4)10)14-3-8(12)13;/h1-2H,3H2,(H,12,13);. The van der Waals surface area contributed by atoms with Crippen molar-refractivity contribution in [3.8, 4) is 5.75 Å². The second-order valence-electron chi connectivity index (χ2n) is 2.38. The minimum atomic E-state index is -1.09. The number of benzene rings is 1. The maximum Gasteiger partial charge on any atom is 0.341 e. The van der Waals surface area contributed by atoms with Crippen molar-refractivity contribution in [1.82, 2.24) is 0 Å². The van der Waals surface area contributed by atoms with Crippen LogP contribution in [0.5, 0.6) is 5.75 Å². The van der Waals surface area contributed by atoms with Crippen molar-refractivity contribution in [1.29, 1.82) is 0 Å². The molecule has 0 saturated heterocycles. The molecule has 7 heteroatoms. The molecule has 0 amide bonds. The largest absolute Gasteiger partial charge is 0.480 e. The molecule has 3 nitrogen and oxygen atoms in total. The van der Waals surface area contributed by atoms with Gasteiger partial charge in [-0.15, -0.1) is 0 Å². The SMILES string of the molecule is O=C(O)COc1cc(Cl)c(Cl)cc1Cl.[K]. The molecule has 15 heavy (non-hydrogen) atoms. The molecule has 0 atom stereocenters. The van der Waals surface area contributed by atoms with Crippen molar-refractivity contribution < 1.29 is 14.6 Å². The van der Waals surface area contributed by atoms with Gasteiger partial charge in [0.1, 0.15) is 5.75 Å².